The van der Waals surface area contributed by atoms with Crippen LogP contribution >= 0.6 is 0 Å². The molecule has 0 bridgehead atoms. The van der Waals surface area contributed by atoms with E-state index in [1.807, 2.05) is 6.08 Å². The van der Waals surface area contributed by atoms with Crippen LogP contribution in [0.5, 0.6) is 0 Å². The number of sulfonamides is 1. The zero-order valence-corrected chi connectivity index (χ0v) is 19.8. The molecule has 2 aromatic carbocycles. The van der Waals surface area contributed by atoms with Gasteiger partial charge in [0.25, 0.3) is 0 Å². The Bertz CT molecular complexity index is 1440. The quantitative estimate of drug-likeness (QED) is 0.508. The maximum atomic E-state index is 14.0. The van der Waals surface area contributed by atoms with Crippen LogP contribution in [-0.2, 0) is 36.9 Å². The SMILES string of the molecule is C.C=C1C2=C(C=CC1C1(C(=O)Cc3ccc(-c4ccc(S(N)(=O)=O)cc4)c(C(F)(F)F)c3)CC1)OCO2.[HH]. The number of ketones is 1. The standard InChI is InChI=1S/C26H22F3NO5S.CH4.H2/c1-15-20(8-9-22-24(15)35-14-34-22)25(10-11-25)23(31)13-16-2-7-19(21(12-16)26(27,28)29)17-3-5-18(6-4-17)36(30,32)33;;/h2-9,12,20H,1,10-11,13-14H2,(H2,30,32,33);1H4;1H. The zero-order chi connectivity index (χ0) is 25.9. The lowest BCUT2D eigenvalue weighted by Crippen LogP contribution is -2.29. The average molecular weight is 536 g/mol. The van der Waals surface area contributed by atoms with E-state index >= 15 is 0 Å². The number of nitrogens with two attached hydrogens (primary N) is 1. The van der Waals surface area contributed by atoms with E-state index in [0.717, 1.165) is 18.2 Å². The molecule has 5 rings (SSSR count). The predicted molar refractivity (Wildman–Crippen MR) is 133 cm³/mol. The molecule has 1 fully saturated rings. The molecule has 10 heteroatoms. The van der Waals surface area contributed by atoms with Gasteiger partial charge >= 0.3 is 6.18 Å². The molecule has 0 aromatic heterocycles. The van der Waals surface area contributed by atoms with Gasteiger partial charge in [-0.25, -0.2) is 13.6 Å². The molecule has 0 spiro atoms. The topological polar surface area (TPSA) is 95.7 Å². The molecule has 37 heavy (non-hydrogen) atoms. The molecule has 1 unspecified atom stereocenters. The van der Waals surface area contributed by atoms with Crippen molar-refractivity contribution in [3.8, 4) is 11.1 Å². The first-order chi connectivity index (χ1) is 16.9. The van der Waals surface area contributed by atoms with Gasteiger partial charge in [0.2, 0.25) is 16.8 Å². The zero-order valence-electron chi connectivity index (χ0n) is 19.0. The van der Waals surface area contributed by atoms with Gasteiger partial charge in [-0.2, -0.15) is 13.2 Å². The molecule has 0 radical (unpaired) electrons. The molecule has 1 saturated carbocycles. The molecule has 0 amide bonds. The van der Waals surface area contributed by atoms with Crippen LogP contribution in [0.4, 0.5) is 13.2 Å². The second-order valence-corrected chi connectivity index (χ2v) is 10.7. The summed E-state index contributed by atoms with van der Waals surface area (Å²) >= 11 is 0. The third-order valence-corrected chi connectivity index (χ3v) is 7.87. The second kappa shape index (κ2) is 9.18. The normalized spacial score (nSPS) is 20.0. The summed E-state index contributed by atoms with van der Waals surface area (Å²) in [5.41, 5.74) is -0.688. The van der Waals surface area contributed by atoms with Crippen molar-refractivity contribution in [3.63, 3.8) is 0 Å². The number of Topliss-reactive ketones (excluding diaryl/α,β-unsaturated/α-hetero) is 1. The van der Waals surface area contributed by atoms with Gasteiger partial charge in [-0.3, -0.25) is 4.79 Å². The van der Waals surface area contributed by atoms with Crippen molar-refractivity contribution < 1.29 is 37.3 Å². The van der Waals surface area contributed by atoms with Crippen LogP contribution in [-0.4, -0.2) is 21.0 Å². The van der Waals surface area contributed by atoms with Crippen molar-refractivity contribution in [2.45, 2.75) is 37.8 Å². The Morgan fingerprint density at radius 2 is 1.81 bits per heavy atom. The van der Waals surface area contributed by atoms with Crippen LogP contribution in [0.25, 0.3) is 11.1 Å². The number of allylic oxidation sites excluding steroid dienone is 3. The highest BCUT2D eigenvalue weighted by molar-refractivity contribution is 7.89. The minimum absolute atomic E-state index is 0. The second-order valence-electron chi connectivity index (χ2n) is 9.17. The van der Waals surface area contributed by atoms with E-state index in [4.69, 9.17) is 14.6 Å². The minimum Gasteiger partial charge on any atom is -0.454 e. The van der Waals surface area contributed by atoms with E-state index in [0.29, 0.717) is 29.9 Å². The maximum Gasteiger partial charge on any atom is 0.417 e. The number of carbonyl (C=O) groups excluding carboxylic acids is 1. The smallest absolute Gasteiger partial charge is 0.417 e. The summed E-state index contributed by atoms with van der Waals surface area (Å²) in [6.07, 6.45) is -0.00120. The molecule has 2 N–H and O–H groups in total. The molecule has 1 aliphatic heterocycles. The van der Waals surface area contributed by atoms with Crippen LogP contribution in [0.1, 0.15) is 32.8 Å². The number of carbonyl (C=O) groups is 1. The van der Waals surface area contributed by atoms with Crippen LogP contribution in [0.3, 0.4) is 0 Å². The van der Waals surface area contributed by atoms with Crippen molar-refractivity contribution in [1.29, 1.82) is 0 Å². The van der Waals surface area contributed by atoms with E-state index < -0.39 is 27.2 Å². The van der Waals surface area contributed by atoms with Crippen LogP contribution < -0.4 is 5.14 Å². The van der Waals surface area contributed by atoms with Crippen LogP contribution in [0, 0.1) is 11.3 Å². The number of halogens is 3. The molecule has 6 nitrogen and oxygen atoms in total. The van der Waals surface area contributed by atoms with Crippen molar-refractivity contribution in [2.24, 2.45) is 16.5 Å². The fourth-order valence-corrected chi connectivity index (χ4v) is 5.41. The summed E-state index contributed by atoms with van der Waals surface area (Å²) in [5, 5.41) is 5.07. The van der Waals surface area contributed by atoms with Gasteiger partial charge in [0.15, 0.2) is 11.5 Å². The van der Waals surface area contributed by atoms with Crippen LogP contribution in [0.2, 0.25) is 0 Å². The van der Waals surface area contributed by atoms with E-state index in [1.165, 1.54) is 24.3 Å². The minimum atomic E-state index is -4.69. The Balaban J connectivity index is 0.00000200. The largest absolute Gasteiger partial charge is 0.454 e. The lowest BCUT2D eigenvalue weighted by atomic mass is 9.76. The summed E-state index contributed by atoms with van der Waals surface area (Å²) in [7, 11) is -3.98. The number of hydrogen-bond donors (Lipinski definition) is 1. The van der Waals surface area contributed by atoms with Crippen molar-refractivity contribution in [2.75, 3.05) is 6.79 Å². The number of hydrogen-bond acceptors (Lipinski definition) is 5. The number of rotatable bonds is 6. The van der Waals surface area contributed by atoms with E-state index in [1.54, 1.807) is 6.08 Å². The van der Waals surface area contributed by atoms with Crippen molar-refractivity contribution in [1.82, 2.24) is 0 Å². The van der Waals surface area contributed by atoms with E-state index in [-0.39, 0.29) is 55.4 Å². The number of ether oxygens (including phenoxy) is 2. The molecule has 3 aliphatic rings. The predicted octanol–water partition coefficient (Wildman–Crippen LogP) is 5.75. The highest BCUT2D eigenvalue weighted by atomic mass is 32.2. The third-order valence-electron chi connectivity index (χ3n) is 6.94. The Hall–Kier alpha value is -3.37. The van der Waals surface area contributed by atoms with E-state index in [9.17, 15) is 26.4 Å². The van der Waals surface area contributed by atoms with Crippen molar-refractivity contribution in [3.05, 3.63) is 89.4 Å². The maximum absolute atomic E-state index is 14.0. The molecule has 0 saturated heterocycles. The van der Waals surface area contributed by atoms with Gasteiger partial charge in [0.05, 0.1) is 10.5 Å². The van der Waals surface area contributed by atoms with Gasteiger partial charge in [0, 0.05) is 19.2 Å². The van der Waals surface area contributed by atoms with Gasteiger partial charge in [-0.05, 0) is 59.4 Å². The first kappa shape index (κ1) is 26.7. The molecule has 1 heterocycles. The molecular weight excluding hydrogens is 507 g/mol. The van der Waals surface area contributed by atoms with Gasteiger partial charge in [0.1, 0.15) is 5.78 Å². The van der Waals surface area contributed by atoms with Gasteiger partial charge in [-0.15, -0.1) is 0 Å². The summed E-state index contributed by atoms with van der Waals surface area (Å²) in [6, 6.07) is 8.63. The van der Waals surface area contributed by atoms with Gasteiger partial charge in [-0.1, -0.05) is 44.3 Å². The summed E-state index contributed by atoms with van der Waals surface area (Å²) < 4.78 is 75.7. The molecular formula is C27H28F3NO5S. The molecule has 2 aromatic rings. The fraction of sp³-hybridized carbons (Fsp3) is 0.296. The Kier molecular flexibility index (Phi) is 6.62. The average Bonchev–Trinajstić information content (AvgIpc) is 3.47. The number of primary sulfonamides is 1. The number of benzene rings is 2. The van der Waals surface area contributed by atoms with Crippen molar-refractivity contribution >= 4 is 15.8 Å². The van der Waals surface area contributed by atoms with Gasteiger partial charge < -0.3 is 9.47 Å². The van der Waals surface area contributed by atoms with Crippen LogP contribution in [0.15, 0.2) is 83.2 Å². The highest BCUT2D eigenvalue weighted by Crippen LogP contribution is 2.58. The first-order valence-electron chi connectivity index (χ1n) is 11.1. The number of alkyl halides is 3. The first-order valence-corrected chi connectivity index (χ1v) is 12.7. The Labute approximate surface area is 214 Å². The summed E-state index contributed by atoms with van der Waals surface area (Å²) in [4.78, 5) is 13.2. The molecule has 2 aliphatic carbocycles. The Morgan fingerprint density at radius 1 is 1.14 bits per heavy atom. The lowest BCUT2D eigenvalue weighted by Gasteiger charge is -2.27. The third kappa shape index (κ3) is 4.83. The lowest BCUT2D eigenvalue weighted by molar-refractivity contribution is -0.137. The molecule has 1 atom stereocenters. The fourth-order valence-electron chi connectivity index (χ4n) is 4.89. The highest BCUT2D eigenvalue weighted by Gasteiger charge is 2.56. The Morgan fingerprint density at radius 3 is 2.41 bits per heavy atom. The van der Waals surface area contributed by atoms with E-state index in [2.05, 4.69) is 6.58 Å². The monoisotopic (exact) mass is 535 g/mol. The summed E-state index contributed by atoms with van der Waals surface area (Å²) in [6.45, 7) is 4.17. The molecule has 198 valence electrons. The summed E-state index contributed by atoms with van der Waals surface area (Å²) in [5.74, 6) is 0.643.